The van der Waals surface area contributed by atoms with Crippen molar-refractivity contribution < 1.29 is 9.59 Å². The van der Waals surface area contributed by atoms with E-state index in [4.69, 9.17) is 0 Å². The predicted molar refractivity (Wildman–Crippen MR) is 93.7 cm³/mol. The minimum absolute atomic E-state index is 0.116. The number of fused-ring (bicyclic) bond motifs is 1. The number of likely N-dealkylation sites (N-methyl/N-ethyl adjacent to an activating group) is 1. The van der Waals surface area contributed by atoms with Crippen molar-refractivity contribution in [3.63, 3.8) is 0 Å². The summed E-state index contributed by atoms with van der Waals surface area (Å²) in [5, 5.41) is 0. The Hall–Kier alpha value is -2.89. The van der Waals surface area contributed by atoms with E-state index in [1.165, 1.54) is 13.0 Å². The first-order valence-corrected chi connectivity index (χ1v) is 8.23. The Morgan fingerprint density at radius 1 is 1.16 bits per heavy atom. The van der Waals surface area contributed by atoms with Crippen molar-refractivity contribution in [2.75, 3.05) is 7.05 Å². The standard InChI is InChI=1S/C19H21N3O3/c1-13(23)22-11-15-7-4-3-6-14(15)10-17(22)19(25)21(2)12-16-8-5-9-18(24)20-16/h3-9,17H,10-12H2,1-2H3,(H,20,24). The van der Waals surface area contributed by atoms with Crippen molar-refractivity contribution in [2.24, 2.45) is 0 Å². The maximum absolute atomic E-state index is 13.0. The van der Waals surface area contributed by atoms with Crippen LogP contribution in [0.4, 0.5) is 0 Å². The SMILES string of the molecule is CC(=O)N1Cc2ccccc2CC1C(=O)N(C)Cc1cccc(=O)[nH]1. The Bertz CT molecular complexity index is 859. The van der Waals surface area contributed by atoms with Crippen molar-refractivity contribution in [3.8, 4) is 0 Å². The Morgan fingerprint density at radius 2 is 1.88 bits per heavy atom. The van der Waals surface area contributed by atoms with Gasteiger partial charge in [0, 0.05) is 38.7 Å². The Balaban J connectivity index is 1.81. The summed E-state index contributed by atoms with van der Waals surface area (Å²) in [4.78, 5) is 42.3. The van der Waals surface area contributed by atoms with Gasteiger partial charge in [0.15, 0.2) is 0 Å². The number of nitrogens with zero attached hydrogens (tertiary/aromatic N) is 2. The lowest BCUT2D eigenvalue weighted by Gasteiger charge is -2.37. The number of rotatable bonds is 3. The van der Waals surface area contributed by atoms with Gasteiger partial charge >= 0.3 is 0 Å². The number of carbonyl (C=O) groups excluding carboxylic acids is 2. The fourth-order valence-corrected chi connectivity index (χ4v) is 3.25. The van der Waals surface area contributed by atoms with Crippen LogP contribution in [0.25, 0.3) is 0 Å². The number of carbonyl (C=O) groups is 2. The molecular weight excluding hydrogens is 318 g/mol. The third-order valence-electron chi connectivity index (χ3n) is 4.55. The third-order valence-corrected chi connectivity index (χ3v) is 4.55. The van der Waals surface area contributed by atoms with Crippen molar-refractivity contribution in [2.45, 2.75) is 32.5 Å². The molecule has 1 unspecified atom stereocenters. The first-order chi connectivity index (χ1) is 12.0. The van der Waals surface area contributed by atoms with Gasteiger partial charge in [-0.3, -0.25) is 14.4 Å². The Morgan fingerprint density at radius 3 is 2.56 bits per heavy atom. The van der Waals surface area contributed by atoms with E-state index in [-0.39, 0.29) is 17.4 Å². The average Bonchev–Trinajstić information content (AvgIpc) is 2.59. The normalized spacial score (nSPS) is 16.2. The topological polar surface area (TPSA) is 73.5 Å². The van der Waals surface area contributed by atoms with Gasteiger partial charge in [0.25, 0.3) is 0 Å². The van der Waals surface area contributed by atoms with Gasteiger partial charge in [-0.15, -0.1) is 0 Å². The molecule has 1 aliphatic heterocycles. The zero-order valence-electron chi connectivity index (χ0n) is 14.4. The van der Waals surface area contributed by atoms with E-state index in [2.05, 4.69) is 4.98 Å². The number of hydrogen-bond acceptors (Lipinski definition) is 3. The van der Waals surface area contributed by atoms with E-state index in [1.54, 1.807) is 29.0 Å². The van der Waals surface area contributed by atoms with Crippen LogP contribution in [-0.4, -0.2) is 39.7 Å². The van der Waals surface area contributed by atoms with Crippen LogP contribution >= 0.6 is 0 Å². The van der Waals surface area contributed by atoms with Gasteiger partial charge in [-0.1, -0.05) is 30.3 Å². The molecule has 0 saturated heterocycles. The average molecular weight is 339 g/mol. The molecule has 0 fully saturated rings. The minimum Gasteiger partial charge on any atom is -0.338 e. The second-order valence-electron chi connectivity index (χ2n) is 6.37. The number of nitrogens with one attached hydrogen (secondary N) is 1. The number of aromatic nitrogens is 1. The van der Waals surface area contributed by atoms with Crippen molar-refractivity contribution in [3.05, 3.63) is 69.6 Å². The first-order valence-electron chi connectivity index (χ1n) is 8.23. The van der Waals surface area contributed by atoms with E-state index in [1.807, 2.05) is 24.3 Å². The highest BCUT2D eigenvalue weighted by molar-refractivity contribution is 5.87. The highest BCUT2D eigenvalue weighted by Crippen LogP contribution is 2.24. The lowest BCUT2D eigenvalue weighted by molar-refractivity contribution is -0.145. The molecule has 1 N–H and O–H groups in total. The minimum atomic E-state index is -0.521. The van der Waals surface area contributed by atoms with Crippen molar-refractivity contribution in [1.29, 1.82) is 0 Å². The van der Waals surface area contributed by atoms with Gasteiger partial charge in [-0.2, -0.15) is 0 Å². The molecule has 0 radical (unpaired) electrons. The van der Waals surface area contributed by atoms with Crippen LogP contribution in [0.5, 0.6) is 0 Å². The lowest BCUT2D eigenvalue weighted by Crippen LogP contribution is -2.52. The summed E-state index contributed by atoms with van der Waals surface area (Å²) in [6.07, 6.45) is 0.504. The largest absolute Gasteiger partial charge is 0.338 e. The molecule has 0 aliphatic carbocycles. The Labute approximate surface area is 146 Å². The van der Waals surface area contributed by atoms with Crippen LogP contribution in [0.2, 0.25) is 0 Å². The number of benzene rings is 1. The quantitative estimate of drug-likeness (QED) is 0.916. The smallest absolute Gasteiger partial charge is 0.248 e. The van der Waals surface area contributed by atoms with Crippen molar-refractivity contribution in [1.82, 2.24) is 14.8 Å². The third kappa shape index (κ3) is 3.63. The summed E-state index contributed by atoms with van der Waals surface area (Å²) in [6.45, 7) is 2.22. The van der Waals surface area contributed by atoms with E-state index in [0.29, 0.717) is 25.2 Å². The molecular formula is C19H21N3O3. The second kappa shape index (κ2) is 6.93. The zero-order chi connectivity index (χ0) is 18.0. The molecule has 2 aromatic rings. The molecule has 1 aliphatic rings. The molecule has 1 aromatic heterocycles. The molecule has 0 bridgehead atoms. The Kier molecular flexibility index (Phi) is 4.70. The van der Waals surface area contributed by atoms with Crippen molar-refractivity contribution >= 4 is 11.8 Å². The van der Waals surface area contributed by atoms with Gasteiger partial charge < -0.3 is 14.8 Å². The molecule has 2 amide bonds. The van der Waals surface area contributed by atoms with Crippen LogP contribution in [-0.2, 0) is 29.1 Å². The number of hydrogen-bond donors (Lipinski definition) is 1. The second-order valence-corrected chi connectivity index (χ2v) is 6.37. The lowest BCUT2D eigenvalue weighted by atomic mass is 9.93. The number of aromatic amines is 1. The van der Waals surface area contributed by atoms with E-state index < -0.39 is 6.04 Å². The molecule has 6 heteroatoms. The number of H-pyrrole nitrogens is 1. The van der Waals surface area contributed by atoms with Gasteiger partial charge in [0.2, 0.25) is 17.4 Å². The number of pyridine rings is 1. The van der Waals surface area contributed by atoms with Gasteiger partial charge in [-0.05, 0) is 17.2 Å². The van der Waals surface area contributed by atoms with Crippen LogP contribution in [0.1, 0.15) is 23.7 Å². The maximum atomic E-state index is 13.0. The van der Waals surface area contributed by atoms with E-state index >= 15 is 0 Å². The summed E-state index contributed by atoms with van der Waals surface area (Å²) in [6, 6.07) is 12.2. The fraction of sp³-hybridized carbons (Fsp3) is 0.316. The van der Waals surface area contributed by atoms with Crippen LogP contribution in [0.3, 0.4) is 0 Å². The predicted octanol–water partition coefficient (Wildman–Crippen LogP) is 1.31. The summed E-state index contributed by atoms with van der Waals surface area (Å²) < 4.78 is 0. The number of amides is 2. The molecule has 0 spiro atoms. The molecule has 130 valence electrons. The maximum Gasteiger partial charge on any atom is 0.248 e. The van der Waals surface area contributed by atoms with Crippen LogP contribution < -0.4 is 5.56 Å². The van der Waals surface area contributed by atoms with E-state index in [9.17, 15) is 14.4 Å². The molecule has 1 aromatic carbocycles. The van der Waals surface area contributed by atoms with Crippen LogP contribution in [0.15, 0.2) is 47.3 Å². The van der Waals surface area contributed by atoms with Gasteiger partial charge in [0.05, 0.1) is 6.54 Å². The molecule has 3 rings (SSSR count). The fourth-order valence-electron chi connectivity index (χ4n) is 3.25. The van der Waals surface area contributed by atoms with Gasteiger partial charge in [0.1, 0.15) is 6.04 Å². The van der Waals surface area contributed by atoms with Gasteiger partial charge in [-0.25, -0.2) is 0 Å². The molecule has 6 nitrogen and oxygen atoms in total. The highest BCUT2D eigenvalue weighted by atomic mass is 16.2. The summed E-state index contributed by atoms with van der Waals surface area (Å²) in [7, 11) is 1.69. The monoisotopic (exact) mass is 339 g/mol. The van der Waals surface area contributed by atoms with E-state index in [0.717, 1.165) is 11.1 Å². The molecule has 0 saturated carbocycles. The summed E-state index contributed by atoms with van der Waals surface area (Å²) in [5.41, 5.74) is 2.64. The molecule has 1 atom stereocenters. The first kappa shape index (κ1) is 17.0. The molecule has 25 heavy (non-hydrogen) atoms. The highest BCUT2D eigenvalue weighted by Gasteiger charge is 2.34. The molecule has 2 heterocycles. The summed E-state index contributed by atoms with van der Waals surface area (Å²) >= 11 is 0. The van der Waals surface area contributed by atoms with Crippen LogP contribution in [0, 0.1) is 0 Å². The summed E-state index contributed by atoms with van der Waals surface area (Å²) in [5.74, 6) is -0.247. The zero-order valence-corrected chi connectivity index (χ0v) is 14.4.